The molecule has 0 bridgehead atoms. The van der Waals surface area contributed by atoms with Crippen molar-refractivity contribution in [2.24, 2.45) is 12.0 Å². The predicted octanol–water partition coefficient (Wildman–Crippen LogP) is 6.00. The standard InChI is InChI=1S/C28H27F3N4O2/c1-16-13-21(30)15-23(31)26(16)33-18(3)17(2)27-34-24-10-5-19(14-25(24)35(27)4)28(36)32-11-12-37-22-8-6-20(29)7-9-22/h5-10,13-15,17H,11-12H2,1-4H3,(H,32,36). The van der Waals surface area contributed by atoms with Crippen molar-refractivity contribution in [1.82, 2.24) is 14.9 Å². The Morgan fingerprint density at radius 3 is 2.51 bits per heavy atom. The quantitative estimate of drug-likeness (QED) is 0.234. The van der Waals surface area contributed by atoms with Crippen molar-refractivity contribution < 1.29 is 22.7 Å². The lowest BCUT2D eigenvalue weighted by molar-refractivity contribution is 0.0947. The molecule has 0 aliphatic rings. The van der Waals surface area contributed by atoms with Crippen molar-refractivity contribution >= 4 is 28.3 Å². The second-order valence-corrected chi connectivity index (χ2v) is 8.82. The molecule has 0 saturated carbocycles. The van der Waals surface area contributed by atoms with E-state index in [1.54, 1.807) is 32.0 Å². The van der Waals surface area contributed by atoms with Gasteiger partial charge in [0.25, 0.3) is 5.91 Å². The molecule has 1 heterocycles. The Labute approximate surface area is 212 Å². The van der Waals surface area contributed by atoms with Gasteiger partial charge in [0.1, 0.15) is 35.5 Å². The highest BCUT2D eigenvalue weighted by molar-refractivity contribution is 5.98. The first kappa shape index (κ1) is 25.9. The lowest BCUT2D eigenvalue weighted by atomic mass is 10.1. The van der Waals surface area contributed by atoms with Crippen LogP contribution in [-0.2, 0) is 7.05 Å². The molecule has 0 aliphatic heterocycles. The van der Waals surface area contributed by atoms with Gasteiger partial charge in [-0.25, -0.2) is 18.2 Å². The third-order valence-electron chi connectivity index (χ3n) is 6.17. The summed E-state index contributed by atoms with van der Waals surface area (Å²) in [5.74, 6) is -1.01. The molecule has 0 spiro atoms. The molecule has 3 aromatic carbocycles. The number of ether oxygens (including phenoxy) is 1. The second kappa shape index (κ2) is 10.9. The fourth-order valence-corrected chi connectivity index (χ4v) is 4.00. The number of halogens is 3. The normalized spacial score (nSPS) is 12.6. The van der Waals surface area contributed by atoms with E-state index in [1.807, 2.05) is 18.5 Å². The van der Waals surface area contributed by atoms with E-state index in [-0.39, 0.29) is 36.5 Å². The van der Waals surface area contributed by atoms with E-state index in [4.69, 9.17) is 9.72 Å². The van der Waals surface area contributed by atoms with Gasteiger partial charge in [-0.15, -0.1) is 0 Å². The molecule has 1 atom stereocenters. The number of nitrogens with one attached hydrogen (secondary N) is 1. The molecule has 1 amide bonds. The fraction of sp³-hybridized carbons (Fsp3) is 0.250. The fourth-order valence-electron chi connectivity index (χ4n) is 4.00. The van der Waals surface area contributed by atoms with Crippen LogP contribution >= 0.6 is 0 Å². The van der Waals surface area contributed by atoms with Crippen LogP contribution in [0.1, 0.15) is 41.5 Å². The average Bonchev–Trinajstić information content (AvgIpc) is 3.20. The number of aliphatic imine (C=N–C) groups is 1. The largest absolute Gasteiger partial charge is 0.492 e. The van der Waals surface area contributed by atoms with Crippen molar-refractivity contribution in [2.45, 2.75) is 26.7 Å². The topological polar surface area (TPSA) is 68.5 Å². The maximum absolute atomic E-state index is 14.3. The zero-order chi connectivity index (χ0) is 26.7. The SMILES string of the molecule is CC(=Nc1c(C)cc(F)cc1F)C(C)c1nc2ccc(C(=O)NCCOc3ccc(F)cc3)cc2n1C. The number of amides is 1. The average molecular weight is 509 g/mol. The number of hydrogen-bond donors (Lipinski definition) is 1. The Morgan fingerprint density at radius 1 is 1.08 bits per heavy atom. The number of carbonyl (C=O) groups excluding carboxylic acids is 1. The minimum atomic E-state index is -0.715. The Bertz CT molecular complexity index is 1460. The number of carbonyl (C=O) groups is 1. The smallest absolute Gasteiger partial charge is 0.251 e. The number of aromatic nitrogens is 2. The van der Waals surface area contributed by atoms with E-state index in [9.17, 15) is 18.0 Å². The summed E-state index contributed by atoms with van der Waals surface area (Å²) in [4.78, 5) is 21.8. The van der Waals surface area contributed by atoms with Gasteiger partial charge >= 0.3 is 0 Å². The molecular formula is C28H27F3N4O2. The molecule has 6 nitrogen and oxygen atoms in total. The van der Waals surface area contributed by atoms with E-state index >= 15 is 0 Å². The zero-order valence-electron chi connectivity index (χ0n) is 21.0. The third kappa shape index (κ3) is 5.82. The molecule has 0 fully saturated rings. The molecule has 0 aliphatic carbocycles. The number of imidazole rings is 1. The van der Waals surface area contributed by atoms with Gasteiger partial charge in [0, 0.05) is 24.4 Å². The van der Waals surface area contributed by atoms with Gasteiger partial charge in [-0.05, 0) is 67.9 Å². The first-order valence-electron chi connectivity index (χ1n) is 11.8. The highest BCUT2D eigenvalue weighted by Crippen LogP contribution is 2.28. The van der Waals surface area contributed by atoms with E-state index in [1.165, 1.54) is 30.3 Å². The molecule has 1 aromatic heterocycles. The van der Waals surface area contributed by atoms with Crippen LogP contribution in [0.2, 0.25) is 0 Å². The summed E-state index contributed by atoms with van der Waals surface area (Å²) < 4.78 is 48.1. The van der Waals surface area contributed by atoms with Crippen LogP contribution in [-0.4, -0.2) is 34.3 Å². The van der Waals surface area contributed by atoms with Crippen LogP contribution in [0.5, 0.6) is 5.75 Å². The van der Waals surface area contributed by atoms with Crippen LogP contribution < -0.4 is 10.1 Å². The molecule has 0 radical (unpaired) electrons. The highest BCUT2D eigenvalue weighted by atomic mass is 19.1. The number of hydrogen-bond acceptors (Lipinski definition) is 4. The van der Waals surface area contributed by atoms with E-state index in [0.29, 0.717) is 33.9 Å². The van der Waals surface area contributed by atoms with E-state index < -0.39 is 11.6 Å². The lowest BCUT2D eigenvalue weighted by Crippen LogP contribution is -2.28. The van der Waals surface area contributed by atoms with Crippen LogP contribution in [0.15, 0.2) is 59.6 Å². The van der Waals surface area contributed by atoms with Crippen molar-refractivity contribution in [2.75, 3.05) is 13.2 Å². The molecule has 9 heteroatoms. The molecule has 192 valence electrons. The van der Waals surface area contributed by atoms with Crippen molar-refractivity contribution in [3.05, 3.63) is 89.0 Å². The van der Waals surface area contributed by atoms with Gasteiger partial charge in [0.05, 0.1) is 23.5 Å². The third-order valence-corrected chi connectivity index (χ3v) is 6.17. The number of fused-ring (bicyclic) bond motifs is 1. The maximum atomic E-state index is 14.3. The molecule has 37 heavy (non-hydrogen) atoms. The first-order chi connectivity index (χ1) is 17.6. The summed E-state index contributed by atoms with van der Waals surface area (Å²) in [6.45, 7) is 5.81. The molecule has 4 aromatic rings. The van der Waals surface area contributed by atoms with Gasteiger partial charge < -0.3 is 14.6 Å². The Kier molecular flexibility index (Phi) is 7.61. The Hall–Kier alpha value is -4.14. The van der Waals surface area contributed by atoms with Gasteiger partial charge in [0.2, 0.25) is 0 Å². The van der Waals surface area contributed by atoms with Gasteiger partial charge in [-0.2, -0.15) is 0 Å². The second-order valence-electron chi connectivity index (χ2n) is 8.82. The lowest BCUT2D eigenvalue weighted by Gasteiger charge is -2.13. The number of benzene rings is 3. The van der Waals surface area contributed by atoms with Gasteiger partial charge in [-0.1, -0.05) is 6.92 Å². The van der Waals surface area contributed by atoms with Crippen LogP contribution in [0.25, 0.3) is 11.0 Å². The number of nitrogens with zero attached hydrogens (tertiary/aromatic N) is 3. The van der Waals surface area contributed by atoms with Crippen LogP contribution in [0.3, 0.4) is 0 Å². The predicted molar refractivity (Wildman–Crippen MR) is 137 cm³/mol. The summed E-state index contributed by atoms with van der Waals surface area (Å²) in [6.07, 6.45) is 0. The number of aryl methyl sites for hydroxylation is 2. The van der Waals surface area contributed by atoms with Crippen molar-refractivity contribution in [3.8, 4) is 5.75 Å². The Balaban J connectivity index is 1.47. The summed E-state index contributed by atoms with van der Waals surface area (Å²) in [5, 5.41) is 2.81. The number of rotatable bonds is 8. The summed E-state index contributed by atoms with van der Waals surface area (Å²) >= 11 is 0. The monoisotopic (exact) mass is 508 g/mol. The molecule has 4 rings (SSSR count). The van der Waals surface area contributed by atoms with Crippen molar-refractivity contribution in [1.29, 1.82) is 0 Å². The maximum Gasteiger partial charge on any atom is 0.251 e. The van der Waals surface area contributed by atoms with Crippen molar-refractivity contribution in [3.63, 3.8) is 0 Å². The van der Waals surface area contributed by atoms with Crippen LogP contribution in [0.4, 0.5) is 18.9 Å². The molecular weight excluding hydrogens is 481 g/mol. The van der Waals surface area contributed by atoms with Gasteiger partial charge in [0.15, 0.2) is 5.82 Å². The Morgan fingerprint density at radius 2 is 1.81 bits per heavy atom. The summed E-state index contributed by atoms with van der Waals surface area (Å²) in [6, 6.07) is 12.9. The van der Waals surface area contributed by atoms with E-state index in [0.717, 1.165) is 11.6 Å². The summed E-state index contributed by atoms with van der Waals surface area (Å²) in [5.41, 5.74) is 3.06. The zero-order valence-corrected chi connectivity index (χ0v) is 21.0. The molecule has 1 unspecified atom stereocenters. The highest BCUT2D eigenvalue weighted by Gasteiger charge is 2.19. The van der Waals surface area contributed by atoms with E-state index in [2.05, 4.69) is 10.3 Å². The van der Waals surface area contributed by atoms with Gasteiger partial charge in [-0.3, -0.25) is 9.79 Å². The minimum Gasteiger partial charge on any atom is -0.492 e. The molecule has 1 N–H and O–H groups in total. The molecule has 0 saturated heterocycles. The first-order valence-corrected chi connectivity index (χ1v) is 11.8. The minimum absolute atomic E-state index is 0.104. The summed E-state index contributed by atoms with van der Waals surface area (Å²) in [7, 11) is 1.84. The van der Waals surface area contributed by atoms with Crippen LogP contribution in [0, 0.1) is 24.4 Å².